The van der Waals surface area contributed by atoms with Crippen LogP contribution in [0.5, 0.6) is 0 Å². The quantitative estimate of drug-likeness (QED) is 0.424. The van der Waals surface area contributed by atoms with Gasteiger partial charge in [-0.1, -0.05) is 0 Å². The number of ether oxygens (including phenoxy) is 1. The first-order chi connectivity index (χ1) is 3.66. The number of esters is 1. The third-order valence-electron chi connectivity index (χ3n) is 0.415. The molecule has 0 bridgehead atoms. The fourth-order valence-electron chi connectivity index (χ4n) is 0.212. The first-order valence-corrected chi connectivity index (χ1v) is 2.57. The molecule has 1 unspecified atom stereocenters. The van der Waals surface area contributed by atoms with E-state index in [0.717, 1.165) is 6.92 Å². The van der Waals surface area contributed by atoms with Crippen LogP contribution in [0.2, 0.25) is 0 Å². The highest BCUT2D eigenvalue weighted by Gasteiger charge is 2.05. The molecule has 0 saturated heterocycles. The van der Waals surface area contributed by atoms with Gasteiger partial charge in [0.15, 0.2) is 0 Å². The van der Waals surface area contributed by atoms with Crippen LogP contribution in [0.3, 0.4) is 0 Å². The second-order valence-corrected chi connectivity index (χ2v) is 1.48. The van der Waals surface area contributed by atoms with E-state index in [1.54, 1.807) is 0 Å². The number of carbonyl (C=O) groups excluding carboxylic acids is 1. The molecule has 0 aromatic rings. The van der Waals surface area contributed by atoms with Crippen molar-refractivity contribution in [1.82, 2.24) is 0 Å². The fraction of sp³-hybridized carbons (Fsp3) is 0.750. The summed E-state index contributed by atoms with van der Waals surface area (Å²) in [5, 5.41) is 0. The van der Waals surface area contributed by atoms with Gasteiger partial charge in [-0.2, -0.15) is 0 Å². The Morgan fingerprint density at radius 3 is 2.62 bits per heavy atom. The Kier molecular flexibility index (Phi) is 3.52. The zero-order chi connectivity index (χ0) is 6.57. The van der Waals surface area contributed by atoms with E-state index in [1.807, 2.05) is 0 Å². The van der Waals surface area contributed by atoms with E-state index in [9.17, 15) is 9.18 Å². The molecule has 0 aliphatic heterocycles. The van der Waals surface area contributed by atoms with Crippen molar-refractivity contribution >= 4 is 17.6 Å². The topological polar surface area (TPSA) is 26.3 Å². The summed E-state index contributed by atoms with van der Waals surface area (Å²) >= 11 is 4.94. The summed E-state index contributed by atoms with van der Waals surface area (Å²) < 4.78 is 15.8. The third kappa shape index (κ3) is 3.87. The van der Waals surface area contributed by atoms with Gasteiger partial charge in [-0.3, -0.25) is 4.79 Å². The van der Waals surface area contributed by atoms with Crippen molar-refractivity contribution < 1.29 is 13.9 Å². The zero-order valence-electron chi connectivity index (χ0n) is 4.36. The van der Waals surface area contributed by atoms with Crippen molar-refractivity contribution in [2.45, 2.75) is 13.3 Å². The molecule has 2 nitrogen and oxygen atoms in total. The van der Waals surface area contributed by atoms with Crippen LogP contribution in [0, 0.1) is 0 Å². The van der Waals surface area contributed by atoms with Gasteiger partial charge in [-0.05, 0) is 0 Å². The number of rotatable bonds is 2. The standard InChI is InChI=1S/C4H6ClFO2/c1-3(7)8-4(6)2-5/h4H,2H2,1H3. The van der Waals surface area contributed by atoms with Gasteiger partial charge < -0.3 is 4.74 Å². The van der Waals surface area contributed by atoms with Crippen molar-refractivity contribution in [2.24, 2.45) is 0 Å². The van der Waals surface area contributed by atoms with E-state index < -0.39 is 12.3 Å². The van der Waals surface area contributed by atoms with Gasteiger partial charge in [0.25, 0.3) is 6.36 Å². The van der Waals surface area contributed by atoms with Crippen LogP contribution in [0.25, 0.3) is 0 Å². The van der Waals surface area contributed by atoms with Gasteiger partial charge in [-0.15, -0.1) is 11.6 Å². The van der Waals surface area contributed by atoms with Crippen LogP contribution in [0.15, 0.2) is 0 Å². The zero-order valence-corrected chi connectivity index (χ0v) is 5.11. The maximum Gasteiger partial charge on any atom is 0.305 e. The van der Waals surface area contributed by atoms with Crippen molar-refractivity contribution in [3.63, 3.8) is 0 Å². The SMILES string of the molecule is CC(=O)OC(F)CCl. The highest BCUT2D eigenvalue weighted by molar-refractivity contribution is 6.18. The monoisotopic (exact) mass is 140 g/mol. The summed E-state index contributed by atoms with van der Waals surface area (Å²) in [5.74, 6) is -0.960. The van der Waals surface area contributed by atoms with E-state index in [4.69, 9.17) is 11.6 Å². The Balaban J connectivity index is 3.24. The minimum atomic E-state index is -1.66. The molecule has 0 fully saturated rings. The highest BCUT2D eigenvalue weighted by atomic mass is 35.5. The van der Waals surface area contributed by atoms with Crippen LogP contribution in [0.4, 0.5) is 4.39 Å². The molecule has 0 amide bonds. The molecule has 0 rings (SSSR count). The second-order valence-electron chi connectivity index (χ2n) is 1.17. The molecule has 48 valence electrons. The van der Waals surface area contributed by atoms with E-state index >= 15 is 0 Å². The first-order valence-electron chi connectivity index (χ1n) is 2.04. The Bertz CT molecular complexity index is 86.1. The lowest BCUT2D eigenvalue weighted by Crippen LogP contribution is -2.11. The van der Waals surface area contributed by atoms with Crippen LogP contribution in [-0.4, -0.2) is 18.2 Å². The van der Waals surface area contributed by atoms with E-state index in [2.05, 4.69) is 4.74 Å². The Morgan fingerprint density at radius 1 is 2.00 bits per heavy atom. The average molecular weight is 141 g/mol. The van der Waals surface area contributed by atoms with Gasteiger partial charge in [0.05, 0.1) is 5.88 Å². The molecule has 0 spiro atoms. The highest BCUT2D eigenvalue weighted by Crippen LogP contribution is 1.95. The van der Waals surface area contributed by atoms with Crippen molar-refractivity contribution in [2.75, 3.05) is 5.88 Å². The number of carbonyl (C=O) groups is 1. The molecule has 1 atom stereocenters. The summed E-state index contributed by atoms with van der Waals surface area (Å²) in [6, 6.07) is 0. The molecular weight excluding hydrogens is 134 g/mol. The number of alkyl halides is 2. The molecule has 0 N–H and O–H groups in total. The molecule has 0 aromatic carbocycles. The van der Waals surface area contributed by atoms with Crippen molar-refractivity contribution in [3.8, 4) is 0 Å². The minimum absolute atomic E-state index is 0.306. The molecule has 0 radical (unpaired) electrons. The molecule has 0 aromatic heterocycles. The summed E-state index contributed by atoms with van der Waals surface area (Å²) in [6.07, 6.45) is -1.66. The van der Waals surface area contributed by atoms with Crippen LogP contribution < -0.4 is 0 Å². The van der Waals surface area contributed by atoms with Gasteiger partial charge in [0.2, 0.25) is 0 Å². The molecule has 4 heteroatoms. The molecule has 0 aliphatic carbocycles. The van der Waals surface area contributed by atoms with Crippen LogP contribution in [-0.2, 0) is 9.53 Å². The lowest BCUT2D eigenvalue weighted by atomic mass is 10.7. The predicted octanol–water partition coefficient (Wildman–Crippen LogP) is 1.08. The van der Waals surface area contributed by atoms with Crippen molar-refractivity contribution in [3.05, 3.63) is 0 Å². The minimum Gasteiger partial charge on any atom is -0.430 e. The molecular formula is C4H6ClFO2. The Labute approximate surface area is 51.6 Å². The Morgan fingerprint density at radius 2 is 2.50 bits per heavy atom. The summed E-state index contributed by atoms with van der Waals surface area (Å²) in [4.78, 5) is 9.89. The summed E-state index contributed by atoms with van der Waals surface area (Å²) in [7, 11) is 0. The lowest BCUT2D eigenvalue weighted by Gasteiger charge is -2.01. The van der Waals surface area contributed by atoms with Crippen LogP contribution in [0.1, 0.15) is 6.92 Å². The van der Waals surface area contributed by atoms with Gasteiger partial charge in [0, 0.05) is 6.92 Å². The molecule has 0 saturated carbocycles. The molecule has 0 aliphatic rings. The molecule has 8 heavy (non-hydrogen) atoms. The summed E-state index contributed by atoms with van der Waals surface area (Å²) in [6.45, 7) is 1.12. The van der Waals surface area contributed by atoms with Gasteiger partial charge in [0.1, 0.15) is 0 Å². The normalized spacial score (nSPS) is 12.9. The third-order valence-corrected chi connectivity index (χ3v) is 0.658. The van der Waals surface area contributed by atoms with Crippen LogP contribution >= 0.6 is 11.6 Å². The van der Waals surface area contributed by atoms with E-state index in [0.29, 0.717) is 0 Å². The Hall–Kier alpha value is -0.310. The van der Waals surface area contributed by atoms with Gasteiger partial charge in [-0.25, -0.2) is 4.39 Å². The predicted molar refractivity (Wildman–Crippen MR) is 27.4 cm³/mol. The smallest absolute Gasteiger partial charge is 0.305 e. The first kappa shape index (κ1) is 7.69. The second kappa shape index (κ2) is 3.66. The maximum absolute atomic E-state index is 11.8. The number of halogens is 2. The fourth-order valence-corrected chi connectivity index (χ4v) is 0.275. The lowest BCUT2D eigenvalue weighted by molar-refractivity contribution is -0.152. The van der Waals surface area contributed by atoms with E-state index in [-0.39, 0.29) is 5.88 Å². The summed E-state index contributed by atoms with van der Waals surface area (Å²) in [5.41, 5.74) is 0. The van der Waals surface area contributed by atoms with E-state index in [1.165, 1.54) is 0 Å². The number of hydrogen-bond donors (Lipinski definition) is 0. The average Bonchev–Trinajstić information content (AvgIpc) is 1.65. The van der Waals surface area contributed by atoms with Gasteiger partial charge >= 0.3 is 5.97 Å². The molecule has 0 heterocycles. The number of hydrogen-bond acceptors (Lipinski definition) is 2. The van der Waals surface area contributed by atoms with Crippen molar-refractivity contribution in [1.29, 1.82) is 0 Å². The largest absolute Gasteiger partial charge is 0.430 e. The maximum atomic E-state index is 11.8.